The number of para-hydroxylation sites is 1. The van der Waals surface area contributed by atoms with Crippen molar-refractivity contribution in [3.63, 3.8) is 0 Å². The number of amides is 1. The molecule has 5 heteroatoms. The summed E-state index contributed by atoms with van der Waals surface area (Å²) < 4.78 is 18.8. The molecule has 0 fully saturated rings. The number of hydrogen-bond acceptors (Lipinski definition) is 3. The maximum absolute atomic E-state index is 13.7. The number of ether oxygens (including phenoxy) is 1. The predicted octanol–water partition coefficient (Wildman–Crippen LogP) is 4.53. The molecule has 1 N–H and O–H groups in total. The number of benzene rings is 3. The molecule has 0 aliphatic heterocycles. The number of methoxy groups -OCH3 is 1. The van der Waals surface area contributed by atoms with Crippen molar-refractivity contribution in [2.45, 2.75) is 0 Å². The van der Waals surface area contributed by atoms with Crippen molar-refractivity contribution in [3.05, 3.63) is 77.6 Å². The maximum atomic E-state index is 13.7. The van der Waals surface area contributed by atoms with E-state index in [0.717, 1.165) is 16.5 Å². The van der Waals surface area contributed by atoms with Gasteiger partial charge in [-0.1, -0.05) is 30.3 Å². The SMILES string of the molecule is COc1ccc2cc(/C=C(\C#N)C(=O)Nc3ccccc3F)ccc2c1. The van der Waals surface area contributed by atoms with Crippen LogP contribution in [-0.4, -0.2) is 13.0 Å². The molecule has 0 aliphatic carbocycles. The van der Waals surface area contributed by atoms with Crippen molar-refractivity contribution in [1.29, 1.82) is 5.26 Å². The van der Waals surface area contributed by atoms with Gasteiger partial charge in [-0.3, -0.25) is 4.79 Å². The van der Waals surface area contributed by atoms with Crippen LogP contribution in [0.3, 0.4) is 0 Å². The molecule has 0 radical (unpaired) electrons. The molecular formula is C21H15FN2O2. The Kier molecular flexibility index (Phi) is 4.95. The van der Waals surface area contributed by atoms with Crippen molar-refractivity contribution >= 4 is 28.4 Å². The highest BCUT2D eigenvalue weighted by atomic mass is 19.1. The number of halogens is 1. The molecule has 3 aromatic carbocycles. The molecule has 0 aromatic heterocycles. The van der Waals surface area contributed by atoms with E-state index < -0.39 is 11.7 Å². The minimum Gasteiger partial charge on any atom is -0.497 e. The summed E-state index contributed by atoms with van der Waals surface area (Å²) >= 11 is 0. The fraction of sp³-hybridized carbons (Fsp3) is 0.0476. The highest BCUT2D eigenvalue weighted by Crippen LogP contribution is 2.23. The van der Waals surface area contributed by atoms with Gasteiger partial charge in [-0.15, -0.1) is 0 Å². The lowest BCUT2D eigenvalue weighted by atomic mass is 10.0. The van der Waals surface area contributed by atoms with Crippen LogP contribution < -0.4 is 10.1 Å². The van der Waals surface area contributed by atoms with Crippen molar-refractivity contribution in [2.75, 3.05) is 12.4 Å². The van der Waals surface area contributed by atoms with Crippen LogP contribution >= 0.6 is 0 Å². The molecule has 0 saturated carbocycles. The molecule has 26 heavy (non-hydrogen) atoms. The summed E-state index contributed by atoms with van der Waals surface area (Å²) in [4.78, 5) is 12.3. The van der Waals surface area contributed by atoms with E-state index in [9.17, 15) is 14.4 Å². The Bertz CT molecular complexity index is 1050. The van der Waals surface area contributed by atoms with Gasteiger partial charge in [0, 0.05) is 0 Å². The van der Waals surface area contributed by atoms with Crippen LogP contribution in [0.15, 0.2) is 66.2 Å². The molecule has 0 saturated heterocycles. The minimum absolute atomic E-state index is 0.0317. The lowest BCUT2D eigenvalue weighted by molar-refractivity contribution is -0.112. The van der Waals surface area contributed by atoms with Gasteiger partial charge in [0.05, 0.1) is 12.8 Å². The van der Waals surface area contributed by atoms with Crippen molar-refractivity contribution < 1.29 is 13.9 Å². The molecule has 4 nitrogen and oxygen atoms in total. The fourth-order valence-electron chi connectivity index (χ4n) is 2.53. The lowest BCUT2D eigenvalue weighted by Gasteiger charge is -2.06. The Morgan fingerprint density at radius 1 is 1.12 bits per heavy atom. The number of anilines is 1. The number of nitriles is 1. The van der Waals surface area contributed by atoms with Gasteiger partial charge in [0.25, 0.3) is 5.91 Å². The summed E-state index contributed by atoms with van der Waals surface area (Å²) in [6.45, 7) is 0. The van der Waals surface area contributed by atoms with Gasteiger partial charge in [0.1, 0.15) is 23.2 Å². The molecule has 0 bridgehead atoms. The van der Waals surface area contributed by atoms with E-state index in [1.165, 1.54) is 24.3 Å². The molecule has 0 unspecified atom stereocenters. The minimum atomic E-state index is -0.660. The average Bonchev–Trinajstić information content (AvgIpc) is 2.67. The zero-order valence-corrected chi connectivity index (χ0v) is 14.0. The quantitative estimate of drug-likeness (QED) is 0.557. The Labute approximate surface area is 150 Å². The molecule has 0 atom stereocenters. The number of carbonyl (C=O) groups is 1. The Morgan fingerprint density at radius 3 is 2.58 bits per heavy atom. The summed E-state index contributed by atoms with van der Waals surface area (Å²) in [6, 6.07) is 18.9. The van der Waals surface area contributed by atoms with Crippen LogP contribution in [0.2, 0.25) is 0 Å². The first kappa shape index (κ1) is 17.2. The molecule has 3 aromatic rings. The molecule has 3 rings (SSSR count). The summed E-state index contributed by atoms with van der Waals surface area (Å²) in [6.07, 6.45) is 1.47. The van der Waals surface area contributed by atoms with Gasteiger partial charge in [-0.2, -0.15) is 5.26 Å². The third kappa shape index (κ3) is 3.70. The smallest absolute Gasteiger partial charge is 0.266 e. The van der Waals surface area contributed by atoms with Gasteiger partial charge < -0.3 is 10.1 Å². The number of fused-ring (bicyclic) bond motifs is 1. The normalized spacial score (nSPS) is 11.0. The molecule has 1 amide bonds. The van der Waals surface area contributed by atoms with Gasteiger partial charge >= 0.3 is 0 Å². The lowest BCUT2D eigenvalue weighted by Crippen LogP contribution is -2.14. The van der Waals surface area contributed by atoms with E-state index in [0.29, 0.717) is 5.56 Å². The van der Waals surface area contributed by atoms with Crippen molar-refractivity contribution in [1.82, 2.24) is 0 Å². The second kappa shape index (κ2) is 7.49. The third-order valence-corrected chi connectivity index (χ3v) is 3.87. The van der Waals surface area contributed by atoms with E-state index in [1.807, 2.05) is 36.4 Å². The average molecular weight is 346 g/mol. The zero-order valence-electron chi connectivity index (χ0n) is 14.0. The predicted molar refractivity (Wildman–Crippen MR) is 99.1 cm³/mol. The number of rotatable bonds is 4. The summed E-state index contributed by atoms with van der Waals surface area (Å²) in [7, 11) is 1.60. The van der Waals surface area contributed by atoms with E-state index in [-0.39, 0.29) is 11.3 Å². The molecular weight excluding hydrogens is 331 g/mol. The van der Waals surface area contributed by atoms with Crippen LogP contribution in [0.1, 0.15) is 5.56 Å². The number of hydrogen-bond donors (Lipinski definition) is 1. The maximum Gasteiger partial charge on any atom is 0.266 e. The molecule has 0 spiro atoms. The number of nitrogens with one attached hydrogen (secondary N) is 1. The van der Waals surface area contributed by atoms with Crippen molar-refractivity contribution in [3.8, 4) is 11.8 Å². The molecule has 0 heterocycles. The Morgan fingerprint density at radius 2 is 1.85 bits per heavy atom. The first-order valence-electron chi connectivity index (χ1n) is 7.86. The van der Waals surface area contributed by atoms with Crippen LogP contribution in [0, 0.1) is 17.1 Å². The summed E-state index contributed by atoms with van der Waals surface area (Å²) in [5, 5.41) is 13.6. The van der Waals surface area contributed by atoms with E-state index in [4.69, 9.17) is 4.74 Å². The highest BCUT2D eigenvalue weighted by Gasteiger charge is 2.12. The van der Waals surface area contributed by atoms with Crippen LogP contribution in [0.5, 0.6) is 5.75 Å². The summed E-state index contributed by atoms with van der Waals surface area (Å²) in [5.74, 6) is -0.465. The second-order valence-corrected chi connectivity index (χ2v) is 5.58. The number of carbonyl (C=O) groups excluding carboxylic acids is 1. The monoisotopic (exact) mass is 346 g/mol. The van der Waals surface area contributed by atoms with Crippen LogP contribution in [0.4, 0.5) is 10.1 Å². The third-order valence-electron chi connectivity index (χ3n) is 3.87. The van der Waals surface area contributed by atoms with Gasteiger partial charge in [0.2, 0.25) is 0 Å². The standard InChI is InChI=1S/C21H15FN2O2/c1-26-18-9-8-15-10-14(6-7-16(15)12-18)11-17(13-23)21(25)24-20-5-3-2-4-19(20)22/h2-12H,1H3,(H,24,25)/b17-11+. The first-order valence-corrected chi connectivity index (χ1v) is 7.86. The Hall–Kier alpha value is -3.65. The number of nitrogens with zero attached hydrogens (tertiary/aromatic N) is 1. The van der Waals surface area contributed by atoms with Crippen LogP contribution in [-0.2, 0) is 4.79 Å². The molecule has 128 valence electrons. The topological polar surface area (TPSA) is 62.1 Å². The van der Waals surface area contributed by atoms with E-state index in [2.05, 4.69) is 5.32 Å². The highest BCUT2D eigenvalue weighted by molar-refractivity contribution is 6.09. The second-order valence-electron chi connectivity index (χ2n) is 5.58. The summed E-state index contributed by atoms with van der Waals surface area (Å²) in [5.41, 5.74) is 0.619. The van der Waals surface area contributed by atoms with Gasteiger partial charge in [-0.25, -0.2) is 4.39 Å². The first-order chi connectivity index (χ1) is 12.6. The van der Waals surface area contributed by atoms with E-state index >= 15 is 0 Å². The Balaban J connectivity index is 1.88. The zero-order chi connectivity index (χ0) is 18.5. The van der Waals surface area contributed by atoms with Crippen LogP contribution in [0.25, 0.3) is 16.8 Å². The molecule has 0 aliphatic rings. The largest absolute Gasteiger partial charge is 0.497 e. The van der Waals surface area contributed by atoms with Crippen molar-refractivity contribution in [2.24, 2.45) is 0 Å². The fourth-order valence-corrected chi connectivity index (χ4v) is 2.53. The van der Waals surface area contributed by atoms with Gasteiger partial charge in [0.15, 0.2) is 0 Å². The van der Waals surface area contributed by atoms with E-state index in [1.54, 1.807) is 19.2 Å². The van der Waals surface area contributed by atoms with Gasteiger partial charge in [-0.05, 0) is 52.7 Å².